The van der Waals surface area contributed by atoms with Gasteiger partial charge in [0.15, 0.2) is 0 Å². The van der Waals surface area contributed by atoms with E-state index in [2.05, 4.69) is 35.4 Å². The van der Waals surface area contributed by atoms with Gasteiger partial charge in [-0.25, -0.2) is 15.0 Å². The highest BCUT2D eigenvalue weighted by molar-refractivity contribution is 5.95. The number of anilines is 2. The highest BCUT2D eigenvalue weighted by atomic mass is 16.1. The largest absolute Gasteiger partial charge is 0.339 e. The van der Waals surface area contributed by atoms with Crippen molar-refractivity contribution in [1.82, 2.24) is 35.0 Å². The summed E-state index contributed by atoms with van der Waals surface area (Å²) in [5.41, 5.74) is 3.93. The summed E-state index contributed by atoms with van der Waals surface area (Å²) in [5.74, 6) is 0.464. The summed E-state index contributed by atoms with van der Waals surface area (Å²) in [6.45, 7) is 0.746. The standard InChI is InChI=1S/C22H20N8O/c1-30(2)11-19-16-4-3-15(8-18(16)28-29-19)26-21-20-13(5-6-25-22(20)31)7-17(27-21)14-9-23-12-24-10-14/h3-10,12H,11H2,1-2H3,(H,25,31)(H,26,27)(H,28,29). The van der Waals surface area contributed by atoms with E-state index in [1.807, 2.05) is 44.4 Å². The maximum absolute atomic E-state index is 12.6. The number of nitrogens with zero attached hydrogens (tertiary/aromatic N) is 5. The molecule has 4 heterocycles. The van der Waals surface area contributed by atoms with Crippen LogP contribution in [0.1, 0.15) is 5.69 Å². The Morgan fingerprint density at radius 2 is 1.94 bits per heavy atom. The molecule has 9 nitrogen and oxygen atoms in total. The molecule has 5 rings (SSSR count). The summed E-state index contributed by atoms with van der Waals surface area (Å²) < 4.78 is 0. The number of hydrogen-bond donors (Lipinski definition) is 3. The zero-order valence-electron chi connectivity index (χ0n) is 17.0. The molecule has 0 amide bonds. The maximum Gasteiger partial charge on any atom is 0.259 e. The molecular formula is C22H20N8O. The topological polar surface area (TPSA) is 115 Å². The van der Waals surface area contributed by atoms with Crippen LogP contribution in [0.4, 0.5) is 11.5 Å². The van der Waals surface area contributed by atoms with Crippen molar-refractivity contribution in [2.75, 3.05) is 19.4 Å². The van der Waals surface area contributed by atoms with Gasteiger partial charge >= 0.3 is 0 Å². The van der Waals surface area contributed by atoms with E-state index < -0.39 is 0 Å². The quantitative estimate of drug-likeness (QED) is 0.406. The molecular weight excluding hydrogens is 392 g/mol. The van der Waals surface area contributed by atoms with Crippen LogP contribution in [0.3, 0.4) is 0 Å². The van der Waals surface area contributed by atoms with Crippen molar-refractivity contribution in [2.24, 2.45) is 0 Å². The smallest absolute Gasteiger partial charge is 0.259 e. The van der Waals surface area contributed by atoms with Crippen LogP contribution in [0.5, 0.6) is 0 Å². The number of H-pyrrole nitrogens is 2. The van der Waals surface area contributed by atoms with Crippen molar-refractivity contribution in [1.29, 1.82) is 0 Å². The van der Waals surface area contributed by atoms with E-state index in [-0.39, 0.29) is 5.56 Å². The summed E-state index contributed by atoms with van der Waals surface area (Å²) in [4.78, 5) is 30.2. The van der Waals surface area contributed by atoms with Crippen molar-refractivity contribution in [2.45, 2.75) is 6.54 Å². The highest BCUT2D eigenvalue weighted by Crippen LogP contribution is 2.28. The predicted octanol–water partition coefficient (Wildman–Crippen LogP) is 3.06. The average Bonchev–Trinajstić information content (AvgIpc) is 3.15. The zero-order chi connectivity index (χ0) is 21.4. The molecule has 0 saturated heterocycles. The van der Waals surface area contributed by atoms with Gasteiger partial charge < -0.3 is 15.2 Å². The third kappa shape index (κ3) is 3.62. The third-order valence-electron chi connectivity index (χ3n) is 4.98. The normalized spacial score (nSPS) is 11.5. The summed E-state index contributed by atoms with van der Waals surface area (Å²) in [7, 11) is 4.02. The molecule has 0 aliphatic heterocycles. The molecule has 1 aromatic carbocycles. The minimum absolute atomic E-state index is 0.209. The first-order chi connectivity index (χ1) is 15.1. The third-order valence-corrected chi connectivity index (χ3v) is 4.98. The van der Waals surface area contributed by atoms with Gasteiger partial charge in [0.25, 0.3) is 5.56 Å². The van der Waals surface area contributed by atoms with Crippen LogP contribution in [0.15, 0.2) is 60.0 Å². The Labute approximate surface area is 177 Å². The molecule has 0 unspecified atom stereocenters. The Bertz CT molecular complexity index is 1440. The summed E-state index contributed by atoms with van der Waals surface area (Å²) >= 11 is 0. The number of benzene rings is 1. The first kappa shape index (κ1) is 18.9. The van der Waals surface area contributed by atoms with Crippen molar-refractivity contribution in [3.05, 3.63) is 71.3 Å². The van der Waals surface area contributed by atoms with Gasteiger partial charge in [0.05, 0.1) is 22.3 Å². The second kappa shape index (κ2) is 7.62. The second-order valence-corrected chi connectivity index (χ2v) is 7.55. The highest BCUT2D eigenvalue weighted by Gasteiger charge is 2.13. The number of pyridine rings is 2. The molecule has 3 N–H and O–H groups in total. The molecule has 4 aromatic heterocycles. The first-order valence-corrected chi connectivity index (χ1v) is 9.75. The Hall–Kier alpha value is -4.11. The molecule has 0 radical (unpaired) electrons. The molecule has 9 heteroatoms. The number of rotatable bonds is 5. The Balaban J connectivity index is 1.60. The van der Waals surface area contributed by atoms with Crippen molar-refractivity contribution < 1.29 is 0 Å². The Morgan fingerprint density at radius 1 is 1.10 bits per heavy atom. The minimum atomic E-state index is -0.209. The lowest BCUT2D eigenvalue weighted by molar-refractivity contribution is 0.398. The Kier molecular flexibility index (Phi) is 4.64. The van der Waals surface area contributed by atoms with E-state index in [0.29, 0.717) is 16.9 Å². The molecule has 0 spiro atoms. The summed E-state index contributed by atoms with van der Waals surface area (Å²) in [6.07, 6.45) is 6.49. The molecule has 0 atom stereocenters. The molecule has 0 fully saturated rings. The summed E-state index contributed by atoms with van der Waals surface area (Å²) in [5, 5.41) is 13.1. The lowest BCUT2D eigenvalue weighted by atomic mass is 10.1. The van der Waals surface area contributed by atoms with Gasteiger partial charge in [-0.1, -0.05) is 0 Å². The van der Waals surface area contributed by atoms with Crippen molar-refractivity contribution in [3.63, 3.8) is 0 Å². The molecule has 0 aliphatic rings. The van der Waals surface area contributed by atoms with Crippen LogP contribution in [-0.4, -0.2) is 49.1 Å². The van der Waals surface area contributed by atoms with Crippen LogP contribution in [0, 0.1) is 0 Å². The van der Waals surface area contributed by atoms with Gasteiger partial charge in [-0.05, 0) is 49.8 Å². The van der Waals surface area contributed by atoms with E-state index in [1.54, 1.807) is 18.6 Å². The second-order valence-electron chi connectivity index (χ2n) is 7.55. The van der Waals surface area contributed by atoms with Gasteiger partial charge in [-0.3, -0.25) is 9.89 Å². The molecule has 5 aromatic rings. The van der Waals surface area contributed by atoms with Crippen LogP contribution in [-0.2, 0) is 6.54 Å². The summed E-state index contributed by atoms with van der Waals surface area (Å²) in [6, 6.07) is 9.65. The van der Waals surface area contributed by atoms with Gasteiger partial charge in [0.2, 0.25) is 0 Å². The molecule has 154 valence electrons. The van der Waals surface area contributed by atoms with E-state index in [4.69, 9.17) is 4.98 Å². The Morgan fingerprint density at radius 3 is 2.74 bits per heavy atom. The van der Waals surface area contributed by atoms with Crippen molar-refractivity contribution in [3.8, 4) is 11.3 Å². The van der Waals surface area contributed by atoms with E-state index >= 15 is 0 Å². The van der Waals surface area contributed by atoms with E-state index in [0.717, 1.165) is 39.8 Å². The van der Waals surface area contributed by atoms with Gasteiger partial charge in [0.1, 0.15) is 12.1 Å². The number of hydrogen-bond acceptors (Lipinski definition) is 7. The zero-order valence-corrected chi connectivity index (χ0v) is 17.0. The van der Waals surface area contributed by atoms with Gasteiger partial charge in [0, 0.05) is 41.8 Å². The van der Waals surface area contributed by atoms with Crippen LogP contribution in [0.2, 0.25) is 0 Å². The number of aromatic nitrogens is 6. The molecule has 31 heavy (non-hydrogen) atoms. The van der Waals surface area contributed by atoms with Crippen LogP contribution in [0.25, 0.3) is 32.9 Å². The van der Waals surface area contributed by atoms with E-state index in [9.17, 15) is 4.79 Å². The monoisotopic (exact) mass is 412 g/mol. The molecule has 0 aliphatic carbocycles. The van der Waals surface area contributed by atoms with Crippen LogP contribution < -0.4 is 10.9 Å². The number of nitrogens with one attached hydrogen (secondary N) is 3. The lowest BCUT2D eigenvalue weighted by Gasteiger charge is -2.11. The maximum atomic E-state index is 12.6. The fourth-order valence-corrected chi connectivity index (χ4v) is 3.59. The SMILES string of the molecule is CN(C)Cc1n[nH]c2cc(Nc3nc(-c4cncnc4)cc4cc[nH]c(=O)c34)ccc12. The first-order valence-electron chi connectivity index (χ1n) is 9.75. The molecule has 0 saturated carbocycles. The number of fused-ring (bicyclic) bond motifs is 2. The average molecular weight is 412 g/mol. The fourth-order valence-electron chi connectivity index (χ4n) is 3.59. The molecule has 0 bridgehead atoms. The predicted molar refractivity (Wildman–Crippen MR) is 120 cm³/mol. The van der Waals surface area contributed by atoms with Crippen LogP contribution >= 0.6 is 0 Å². The van der Waals surface area contributed by atoms with Gasteiger partial charge in [-0.15, -0.1) is 0 Å². The number of aromatic amines is 2. The minimum Gasteiger partial charge on any atom is -0.339 e. The van der Waals surface area contributed by atoms with Gasteiger partial charge in [-0.2, -0.15) is 5.10 Å². The fraction of sp³-hybridized carbons (Fsp3) is 0.136. The lowest BCUT2D eigenvalue weighted by Crippen LogP contribution is -2.11. The van der Waals surface area contributed by atoms with Crippen molar-refractivity contribution >= 4 is 33.2 Å². The van der Waals surface area contributed by atoms with E-state index in [1.165, 1.54) is 6.33 Å².